The van der Waals surface area contributed by atoms with Crippen molar-refractivity contribution in [2.75, 3.05) is 5.32 Å². The number of amides is 1. The molecule has 0 spiro atoms. The molecule has 1 N–H and O–H groups in total. The Morgan fingerprint density at radius 1 is 1.29 bits per heavy atom. The Hall–Kier alpha value is -1.82. The van der Waals surface area contributed by atoms with Gasteiger partial charge in [-0.05, 0) is 23.1 Å². The van der Waals surface area contributed by atoms with Crippen LogP contribution in [-0.4, -0.2) is 5.91 Å². The maximum Gasteiger partial charge on any atom is 0.225 e. The standard InChI is InChI=1S/C14H18N2O/c1-14(2,3)11-6-8-12(9-7-11)16-13(17)5-4-10-15/h6-9H,4-5H2,1-3H3,(H,16,17). The number of rotatable bonds is 3. The van der Waals surface area contributed by atoms with E-state index in [1.807, 2.05) is 30.3 Å². The van der Waals surface area contributed by atoms with Gasteiger partial charge in [0, 0.05) is 18.5 Å². The highest BCUT2D eigenvalue weighted by Crippen LogP contribution is 2.23. The Morgan fingerprint density at radius 3 is 2.35 bits per heavy atom. The summed E-state index contributed by atoms with van der Waals surface area (Å²) in [6.45, 7) is 6.44. The van der Waals surface area contributed by atoms with Crippen LogP contribution in [0.4, 0.5) is 5.69 Å². The third-order valence-electron chi connectivity index (χ3n) is 2.50. The van der Waals surface area contributed by atoms with E-state index in [-0.39, 0.29) is 24.2 Å². The van der Waals surface area contributed by atoms with Crippen LogP contribution >= 0.6 is 0 Å². The fourth-order valence-corrected chi connectivity index (χ4v) is 1.45. The van der Waals surface area contributed by atoms with Gasteiger partial charge in [-0.25, -0.2) is 0 Å². The molecular formula is C14H18N2O. The highest BCUT2D eigenvalue weighted by atomic mass is 16.1. The Bertz CT molecular complexity index is 421. The number of benzene rings is 1. The summed E-state index contributed by atoms with van der Waals surface area (Å²) in [5.41, 5.74) is 2.12. The number of nitrogens with one attached hydrogen (secondary N) is 1. The molecule has 0 aliphatic carbocycles. The van der Waals surface area contributed by atoms with Crippen molar-refractivity contribution in [3.05, 3.63) is 29.8 Å². The van der Waals surface area contributed by atoms with Crippen molar-refractivity contribution >= 4 is 11.6 Å². The van der Waals surface area contributed by atoms with Gasteiger partial charge in [0.25, 0.3) is 0 Å². The maximum absolute atomic E-state index is 11.4. The summed E-state index contributed by atoms with van der Waals surface area (Å²) in [4.78, 5) is 11.4. The zero-order valence-electron chi connectivity index (χ0n) is 10.6. The number of nitrogens with zero attached hydrogens (tertiary/aromatic N) is 1. The van der Waals surface area contributed by atoms with Gasteiger partial charge in [-0.3, -0.25) is 4.79 Å². The Labute approximate surface area is 102 Å². The molecule has 1 aromatic rings. The molecule has 0 aliphatic rings. The largest absolute Gasteiger partial charge is 0.326 e. The van der Waals surface area contributed by atoms with Gasteiger partial charge in [0.15, 0.2) is 0 Å². The summed E-state index contributed by atoms with van der Waals surface area (Å²) >= 11 is 0. The number of nitriles is 1. The van der Waals surface area contributed by atoms with Gasteiger partial charge in [0.2, 0.25) is 5.91 Å². The predicted molar refractivity (Wildman–Crippen MR) is 68.6 cm³/mol. The zero-order chi connectivity index (χ0) is 12.9. The molecule has 3 nitrogen and oxygen atoms in total. The number of hydrogen-bond acceptors (Lipinski definition) is 2. The first-order valence-electron chi connectivity index (χ1n) is 5.71. The normalized spacial score (nSPS) is 10.7. The summed E-state index contributed by atoms with van der Waals surface area (Å²) < 4.78 is 0. The van der Waals surface area contributed by atoms with Crippen molar-refractivity contribution in [2.45, 2.75) is 39.0 Å². The first kappa shape index (κ1) is 13.2. The van der Waals surface area contributed by atoms with E-state index in [9.17, 15) is 4.79 Å². The van der Waals surface area contributed by atoms with Crippen LogP contribution in [-0.2, 0) is 10.2 Å². The quantitative estimate of drug-likeness (QED) is 0.866. The van der Waals surface area contributed by atoms with E-state index in [1.165, 1.54) is 5.56 Å². The van der Waals surface area contributed by atoms with Gasteiger partial charge in [-0.2, -0.15) is 5.26 Å². The summed E-state index contributed by atoms with van der Waals surface area (Å²) in [6.07, 6.45) is 0.503. The fourth-order valence-electron chi connectivity index (χ4n) is 1.45. The summed E-state index contributed by atoms with van der Waals surface area (Å²) in [7, 11) is 0. The first-order valence-corrected chi connectivity index (χ1v) is 5.71. The van der Waals surface area contributed by atoms with Crippen molar-refractivity contribution in [1.82, 2.24) is 0 Å². The van der Waals surface area contributed by atoms with Crippen LogP contribution in [0.3, 0.4) is 0 Å². The summed E-state index contributed by atoms with van der Waals surface area (Å²) in [5, 5.41) is 11.1. The molecule has 17 heavy (non-hydrogen) atoms. The molecule has 0 fully saturated rings. The number of carbonyl (C=O) groups excluding carboxylic acids is 1. The molecule has 0 unspecified atom stereocenters. The van der Waals surface area contributed by atoms with Gasteiger partial charge in [-0.1, -0.05) is 32.9 Å². The number of anilines is 1. The monoisotopic (exact) mass is 230 g/mol. The molecule has 0 bridgehead atoms. The lowest BCUT2D eigenvalue weighted by molar-refractivity contribution is -0.116. The second-order valence-electron chi connectivity index (χ2n) is 5.03. The minimum absolute atomic E-state index is 0.114. The molecule has 0 atom stereocenters. The summed E-state index contributed by atoms with van der Waals surface area (Å²) in [6, 6.07) is 9.77. The van der Waals surface area contributed by atoms with Crippen molar-refractivity contribution in [3.8, 4) is 6.07 Å². The van der Waals surface area contributed by atoms with Gasteiger partial charge >= 0.3 is 0 Å². The third-order valence-corrected chi connectivity index (χ3v) is 2.50. The lowest BCUT2D eigenvalue weighted by atomic mass is 9.87. The third kappa shape index (κ3) is 4.28. The van der Waals surface area contributed by atoms with Crippen molar-refractivity contribution in [1.29, 1.82) is 5.26 Å². The van der Waals surface area contributed by atoms with E-state index in [1.54, 1.807) is 0 Å². The molecule has 3 heteroatoms. The predicted octanol–water partition coefficient (Wildman–Crippen LogP) is 3.23. The Kier molecular flexibility index (Phi) is 4.28. The molecule has 1 amide bonds. The molecule has 0 aliphatic heterocycles. The van der Waals surface area contributed by atoms with Gasteiger partial charge in [0.05, 0.1) is 6.07 Å². The van der Waals surface area contributed by atoms with Crippen LogP contribution in [0.15, 0.2) is 24.3 Å². The van der Waals surface area contributed by atoms with Gasteiger partial charge < -0.3 is 5.32 Å². The van der Waals surface area contributed by atoms with Crippen molar-refractivity contribution in [2.24, 2.45) is 0 Å². The second kappa shape index (κ2) is 5.49. The molecular weight excluding hydrogens is 212 g/mol. The highest BCUT2D eigenvalue weighted by Gasteiger charge is 2.13. The van der Waals surface area contributed by atoms with Gasteiger partial charge in [-0.15, -0.1) is 0 Å². The van der Waals surface area contributed by atoms with Crippen molar-refractivity contribution < 1.29 is 4.79 Å². The Balaban J connectivity index is 2.63. The van der Waals surface area contributed by atoms with E-state index in [2.05, 4.69) is 26.1 Å². The highest BCUT2D eigenvalue weighted by molar-refractivity contribution is 5.90. The van der Waals surface area contributed by atoms with Crippen LogP contribution in [0.25, 0.3) is 0 Å². The molecule has 90 valence electrons. The smallest absolute Gasteiger partial charge is 0.225 e. The first-order chi connectivity index (χ1) is 7.93. The van der Waals surface area contributed by atoms with E-state index < -0.39 is 0 Å². The lowest BCUT2D eigenvalue weighted by Crippen LogP contribution is -2.13. The second-order valence-corrected chi connectivity index (χ2v) is 5.03. The van der Waals surface area contributed by atoms with Gasteiger partial charge in [0.1, 0.15) is 0 Å². The average Bonchev–Trinajstić information content (AvgIpc) is 2.26. The van der Waals surface area contributed by atoms with E-state index in [4.69, 9.17) is 5.26 Å². The molecule has 0 radical (unpaired) electrons. The molecule has 0 saturated heterocycles. The topological polar surface area (TPSA) is 52.9 Å². The molecule has 0 saturated carbocycles. The van der Waals surface area contributed by atoms with Crippen LogP contribution in [0, 0.1) is 11.3 Å². The fraction of sp³-hybridized carbons (Fsp3) is 0.429. The average molecular weight is 230 g/mol. The molecule has 0 heterocycles. The molecule has 1 rings (SSSR count). The van der Waals surface area contributed by atoms with E-state index >= 15 is 0 Å². The zero-order valence-corrected chi connectivity index (χ0v) is 10.6. The number of hydrogen-bond donors (Lipinski definition) is 1. The minimum Gasteiger partial charge on any atom is -0.326 e. The van der Waals surface area contributed by atoms with Crippen LogP contribution in [0.1, 0.15) is 39.2 Å². The van der Waals surface area contributed by atoms with Crippen LogP contribution in [0.5, 0.6) is 0 Å². The minimum atomic E-state index is -0.116. The van der Waals surface area contributed by atoms with Crippen LogP contribution < -0.4 is 5.32 Å². The maximum atomic E-state index is 11.4. The number of carbonyl (C=O) groups is 1. The SMILES string of the molecule is CC(C)(C)c1ccc(NC(=O)CCC#N)cc1. The Morgan fingerprint density at radius 2 is 1.88 bits per heavy atom. The van der Waals surface area contributed by atoms with E-state index in [0.29, 0.717) is 0 Å². The summed E-state index contributed by atoms with van der Waals surface area (Å²) in [5.74, 6) is -0.116. The molecule has 1 aromatic carbocycles. The van der Waals surface area contributed by atoms with E-state index in [0.717, 1.165) is 5.69 Å². The van der Waals surface area contributed by atoms with Crippen LogP contribution in [0.2, 0.25) is 0 Å². The molecule has 0 aromatic heterocycles. The van der Waals surface area contributed by atoms with Crippen molar-refractivity contribution in [3.63, 3.8) is 0 Å². The lowest BCUT2D eigenvalue weighted by Gasteiger charge is -2.19.